The molecule has 0 bridgehead atoms. The molecule has 0 N–H and O–H groups in total. The van der Waals surface area contributed by atoms with E-state index in [1.54, 1.807) is 6.21 Å². The molecule has 1 heterocycles. The summed E-state index contributed by atoms with van der Waals surface area (Å²) >= 11 is 0. The van der Waals surface area contributed by atoms with Gasteiger partial charge in [0.25, 0.3) is 0 Å². The molecule has 1 aliphatic heterocycles. The number of hydrogen-bond acceptors (Lipinski definition) is 3. The zero-order valence-corrected chi connectivity index (χ0v) is 11.2. The lowest BCUT2D eigenvalue weighted by Gasteiger charge is -2.18. The maximum Gasteiger partial charge on any atom is 0.430 e. The number of amides is 1. The smallest absolute Gasteiger partial charge is 0.430 e. The second kappa shape index (κ2) is 6.18. The number of ether oxygens (including phenoxy) is 1. The number of carbonyl (C=O) groups excluding carboxylic acids is 1. The third-order valence-electron chi connectivity index (χ3n) is 3.01. The first kappa shape index (κ1) is 13.3. The van der Waals surface area contributed by atoms with Crippen LogP contribution in [0.5, 0.6) is 0 Å². The van der Waals surface area contributed by atoms with Crippen LogP contribution < -0.4 is 0 Å². The quantitative estimate of drug-likeness (QED) is 0.778. The predicted octanol–water partition coefficient (Wildman–Crippen LogP) is 3.16. The maximum absolute atomic E-state index is 11.5. The highest BCUT2D eigenvalue weighted by molar-refractivity contribution is 5.80. The van der Waals surface area contributed by atoms with Crippen molar-refractivity contribution in [1.82, 2.24) is 5.01 Å². The molecule has 1 fully saturated rings. The van der Waals surface area contributed by atoms with Crippen LogP contribution in [0.15, 0.2) is 41.5 Å². The van der Waals surface area contributed by atoms with Crippen LogP contribution in [-0.4, -0.2) is 30.0 Å². The summed E-state index contributed by atoms with van der Waals surface area (Å²) in [6.45, 7) is 4.51. The number of rotatable bonds is 4. The van der Waals surface area contributed by atoms with E-state index >= 15 is 0 Å². The normalized spacial score (nSPS) is 19.8. The molecule has 1 saturated heterocycles. The molecule has 0 aliphatic carbocycles. The Kier molecular flexibility index (Phi) is 4.34. The van der Waals surface area contributed by atoms with E-state index in [2.05, 4.69) is 18.9 Å². The molecule has 0 aromatic heterocycles. The average Bonchev–Trinajstić information content (AvgIpc) is 2.77. The minimum absolute atomic E-state index is 0.0221. The van der Waals surface area contributed by atoms with Crippen molar-refractivity contribution in [3.63, 3.8) is 0 Å². The van der Waals surface area contributed by atoms with E-state index in [9.17, 15) is 4.79 Å². The number of nitrogens with zero attached hydrogens (tertiary/aromatic N) is 2. The molecule has 1 aromatic rings. The molecule has 0 saturated carbocycles. The molecule has 100 valence electrons. The van der Waals surface area contributed by atoms with Crippen LogP contribution in [0.25, 0.3) is 6.08 Å². The van der Waals surface area contributed by atoms with Gasteiger partial charge >= 0.3 is 6.09 Å². The number of benzene rings is 1. The summed E-state index contributed by atoms with van der Waals surface area (Å²) in [7, 11) is 0. The van der Waals surface area contributed by atoms with Crippen molar-refractivity contribution < 1.29 is 9.53 Å². The van der Waals surface area contributed by atoms with Gasteiger partial charge in [-0.3, -0.25) is 0 Å². The van der Waals surface area contributed by atoms with Crippen LogP contribution in [0, 0.1) is 5.92 Å². The minimum Gasteiger partial charge on any atom is -0.446 e. The highest BCUT2D eigenvalue weighted by Gasteiger charge is 2.34. The van der Waals surface area contributed by atoms with Crippen molar-refractivity contribution in [2.24, 2.45) is 11.0 Å². The summed E-state index contributed by atoms with van der Waals surface area (Å²) in [6.07, 6.45) is 5.01. The highest BCUT2D eigenvalue weighted by atomic mass is 16.6. The van der Waals surface area contributed by atoms with E-state index in [0.29, 0.717) is 12.5 Å². The van der Waals surface area contributed by atoms with E-state index in [-0.39, 0.29) is 12.1 Å². The maximum atomic E-state index is 11.5. The monoisotopic (exact) mass is 258 g/mol. The van der Waals surface area contributed by atoms with E-state index in [1.807, 2.05) is 42.5 Å². The van der Waals surface area contributed by atoms with Crippen molar-refractivity contribution in [3.8, 4) is 0 Å². The summed E-state index contributed by atoms with van der Waals surface area (Å²) in [4.78, 5) is 11.5. The van der Waals surface area contributed by atoms with Crippen LogP contribution in [-0.2, 0) is 4.74 Å². The van der Waals surface area contributed by atoms with Gasteiger partial charge in [0.2, 0.25) is 0 Å². The third-order valence-corrected chi connectivity index (χ3v) is 3.01. The van der Waals surface area contributed by atoms with Crippen LogP contribution in [0.3, 0.4) is 0 Å². The molecule has 2 rings (SSSR count). The lowest BCUT2D eigenvalue weighted by atomic mass is 10.1. The van der Waals surface area contributed by atoms with Gasteiger partial charge in [-0.2, -0.15) is 10.1 Å². The number of carbonyl (C=O) groups is 1. The second-order valence-corrected chi connectivity index (χ2v) is 4.77. The molecule has 0 unspecified atom stereocenters. The zero-order chi connectivity index (χ0) is 13.7. The number of cyclic esters (lactones) is 1. The predicted molar refractivity (Wildman–Crippen MR) is 75.8 cm³/mol. The van der Waals surface area contributed by atoms with E-state index in [4.69, 9.17) is 4.74 Å². The summed E-state index contributed by atoms with van der Waals surface area (Å²) in [5, 5.41) is 5.59. The van der Waals surface area contributed by atoms with Crippen molar-refractivity contribution in [2.75, 3.05) is 6.61 Å². The summed E-state index contributed by atoms with van der Waals surface area (Å²) in [6, 6.07) is 9.96. The van der Waals surface area contributed by atoms with Gasteiger partial charge in [0.05, 0.1) is 6.04 Å². The van der Waals surface area contributed by atoms with Crippen molar-refractivity contribution in [1.29, 1.82) is 0 Å². The second-order valence-electron chi connectivity index (χ2n) is 4.77. The summed E-state index contributed by atoms with van der Waals surface area (Å²) in [5.41, 5.74) is 1.10. The molecule has 4 heteroatoms. The van der Waals surface area contributed by atoms with Crippen LogP contribution in [0.4, 0.5) is 4.79 Å². The Balaban J connectivity index is 1.98. The Hall–Kier alpha value is -2.10. The number of allylic oxidation sites excluding steroid dienone is 1. The van der Waals surface area contributed by atoms with Gasteiger partial charge in [0.1, 0.15) is 6.61 Å². The summed E-state index contributed by atoms with van der Waals surface area (Å²) in [5.74, 6) is 0.321. The first-order valence-corrected chi connectivity index (χ1v) is 6.40. The molecule has 0 spiro atoms. The van der Waals surface area contributed by atoms with Crippen LogP contribution in [0.1, 0.15) is 19.4 Å². The standard InChI is InChI=1S/C15H18N2O2/c1-12(2)14-11-19-15(18)17(14)16-10-6-9-13-7-4-3-5-8-13/h3-10,12,14H,11H2,1-2H3/b9-6+,16-10+/t14-/m1/s1. The number of hydrazone groups is 1. The molecular formula is C15H18N2O2. The van der Waals surface area contributed by atoms with Gasteiger partial charge in [-0.15, -0.1) is 0 Å². The van der Waals surface area contributed by atoms with E-state index < -0.39 is 0 Å². The minimum atomic E-state index is -0.372. The Bertz CT molecular complexity index is 480. The van der Waals surface area contributed by atoms with Gasteiger partial charge in [-0.25, -0.2) is 4.79 Å². The Morgan fingerprint density at radius 1 is 1.37 bits per heavy atom. The first-order valence-electron chi connectivity index (χ1n) is 6.40. The molecule has 0 radical (unpaired) electrons. The molecule has 1 atom stereocenters. The Morgan fingerprint density at radius 2 is 2.11 bits per heavy atom. The molecule has 1 amide bonds. The summed E-state index contributed by atoms with van der Waals surface area (Å²) < 4.78 is 5.00. The lowest BCUT2D eigenvalue weighted by molar-refractivity contribution is 0.158. The fourth-order valence-electron chi connectivity index (χ4n) is 1.87. The lowest BCUT2D eigenvalue weighted by Crippen LogP contribution is -2.32. The third kappa shape index (κ3) is 3.44. The topological polar surface area (TPSA) is 41.9 Å². The van der Waals surface area contributed by atoms with E-state index in [0.717, 1.165) is 5.56 Å². The Labute approximate surface area is 113 Å². The zero-order valence-electron chi connectivity index (χ0n) is 11.2. The molecular weight excluding hydrogens is 240 g/mol. The largest absolute Gasteiger partial charge is 0.446 e. The van der Waals surface area contributed by atoms with Crippen molar-refractivity contribution in [3.05, 3.63) is 42.0 Å². The Morgan fingerprint density at radius 3 is 2.79 bits per heavy atom. The van der Waals surface area contributed by atoms with Gasteiger partial charge in [-0.05, 0) is 17.6 Å². The fraction of sp³-hybridized carbons (Fsp3) is 0.333. The van der Waals surface area contributed by atoms with Crippen molar-refractivity contribution in [2.45, 2.75) is 19.9 Å². The van der Waals surface area contributed by atoms with Gasteiger partial charge in [0.15, 0.2) is 0 Å². The number of hydrogen-bond donors (Lipinski definition) is 0. The highest BCUT2D eigenvalue weighted by Crippen LogP contribution is 2.19. The average molecular weight is 258 g/mol. The van der Waals surface area contributed by atoms with Crippen LogP contribution in [0.2, 0.25) is 0 Å². The molecule has 1 aromatic carbocycles. The van der Waals surface area contributed by atoms with Crippen LogP contribution >= 0.6 is 0 Å². The first-order chi connectivity index (χ1) is 9.18. The van der Waals surface area contributed by atoms with Gasteiger partial charge < -0.3 is 4.74 Å². The molecule has 1 aliphatic rings. The van der Waals surface area contributed by atoms with Gasteiger partial charge in [-0.1, -0.05) is 50.3 Å². The molecule has 19 heavy (non-hydrogen) atoms. The van der Waals surface area contributed by atoms with Crippen molar-refractivity contribution >= 4 is 18.4 Å². The SMILES string of the molecule is CC(C)[C@H]1COC(=O)N1/N=C/C=C/c1ccccc1. The fourth-order valence-corrected chi connectivity index (χ4v) is 1.87. The van der Waals surface area contributed by atoms with Gasteiger partial charge in [0, 0.05) is 6.21 Å². The van der Waals surface area contributed by atoms with E-state index in [1.165, 1.54) is 5.01 Å². The molecule has 4 nitrogen and oxygen atoms in total.